The molecule has 0 heterocycles. The highest BCUT2D eigenvalue weighted by Crippen LogP contribution is 2.22. The average Bonchev–Trinajstić information content (AvgIpc) is 2.47. The van der Waals surface area contributed by atoms with E-state index < -0.39 is 18.0 Å². The van der Waals surface area contributed by atoms with Gasteiger partial charge in [-0.15, -0.1) is 0 Å². The lowest BCUT2D eigenvalue weighted by Gasteiger charge is -2.17. The molecule has 0 aliphatic carbocycles. The van der Waals surface area contributed by atoms with Crippen LogP contribution < -0.4 is 4.74 Å². The number of aliphatic carboxylic acids is 1. The van der Waals surface area contributed by atoms with Gasteiger partial charge in [0.1, 0.15) is 11.3 Å². The van der Waals surface area contributed by atoms with E-state index in [1.165, 1.54) is 0 Å². The molecule has 0 fully saturated rings. The van der Waals surface area contributed by atoms with E-state index in [1.807, 2.05) is 6.92 Å². The first-order valence-corrected chi connectivity index (χ1v) is 7.25. The fraction of sp³-hybridized carbons (Fsp3) is 0.500. The van der Waals surface area contributed by atoms with Crippen LogP contribution in [0.2, 0.25) is 0 Å². The number of esters is 1. The zero-order valence-electron chi connectivity index (χ0n) is 12.5. The van der Waals surface area contributed by atoms with Gasteiger partial charge in [-0.25, -0.2) is 9.59 Å². The molecular weight excluding hydrogens is 272 g/mol. The minimum Gasteiger partial charge on any atom is -0.479 e. The van der Waals surface area contributed by atoms with Crippen molar-refractivity contribution in [2.45, 2.75) is 45.6 Å². The number of hydrogen-bond donors (Lipinski definition) is 1. The topological polar surface area (TPSA) is 72.8 Å². The largest absolute Gasteiger partial charge is 0.479 e. The Labute approximate surface area is 124 Å². The lowest BCUT2D eigenvalue weighted by molar-refractivity contribution is -0.145. The van der Waals surface area contributed by atoms with Crippen molar-refractivity contribution in [3.05, 3.63) is 29.8 Å². The lowest BCUT2D eigenvalue weighted by Crippen LogP contribution is -2.27. The standard InChI is InChI=1S/C16H22O5/c1-3-5-6-11-14(15(17)18)21-13-10-8-7-9-12(13)16(19)20-4-2/h7-10,14H,3-6,11H2,1-2H3,(H,17,18). The Hall–Kier alpha value is -2.04. The van der Waals surface area contributed by atoms with Gasteiger partial charge < -0.3 is 14.6 Å². The van der Waals surface area contributed by atoms with Crippen molar-refractivity contribution in [3.63, 3.8) is 0 Å². The normalized spacial score (nSPS) is 11.7. The zero-order chi connectivity index (χ0) is 15.7. The Balaban J connectivity index is 2.83. The maximum absolute atomic E-state index is 11.8. The van der Waals surface area contributed by atoms with Gasteiger partial charge in [0.15, 0.2) is 6.10 Å². The highest BCUT2D eigenvalue weighted by atomic mass is 16.5. The Bertz CT molecular complexity index is 469. The number of carbonyl (C=O) groups is 2. The van der Waals surface area contributed by atoms with E-state index in [0.717, 1.165) is 19.3 Å². The van der Waals surface area contributed by atoms with Crippen molar-refractivity contribution >= 4 is 11.9 Å². The van der Waals surface area contributed by atoms with Crippen LogP contribution in [0.15, 0.2) is 24.3 Å². The fourth-order valence-electron chi connectivity index (χ4n) is 1.91. The van der Waals surface area contributed by atoms with Crippen LogP contribution in [-0.2, 0) is 9.53 Å². The van der Waals surface area contributed by atoms with Crippen LogP contribution in [-0.4, -0.2) is 29.8 Å². The van der Waals surface area contributed by atoms with Crippen LogP contribution in [0.1, 0.15) is 49.9 Å². The van der Waals surface area contributed by atoms with Crippen LogP contribution >= 0.6 is 0 Å². The molecule has 116 valence electrons. The van der Waals surface area contributed by atoms with Crippen molar-refractivity contribution in [2.75, 3.05) is 6.61 Å². The number of carboxylic acid groups (broad SMARTS) is 1. The zero-order valence-corrected chi connectivity index (χ0v) is 12.5. The molecule has 1 N–H and O–H groups in total. The van der Waals surface area contributed by atoms with Crippen LogP contribution in [0, 0.1) is 0 Å². The Morgan fingerprint density at radius 2 is 1.90 bits per heavy atom. The van der Waals surface area contributed by atoms with Crippen molar-refractivity contribution in [1.82, 2.24) is 0 Å². The monoisotopic (exact) mass is 294 g/mol. The van der Waals surface area contributed by atoms with Crippen LogP contribution in [0.3, 0.4) is 0 Å². The molecule has 1 aromatic carbocycles. The van der Waals surface area contributed by atoms with Gasteiger partial charge in [-0.3, -0.25) is 0 Å². The third kappa shape index (κ3) is 5.45. The second kappa shape index (κ2) is 9.00. The van der Waals surface area contributed by atoms with Crippen LogP contribution in [0.25, 0.3) is 0 Å². The second-order valence-corrected chi connectivity index (χ2v) is 4.66. The Kier molecular flexibility index (Phi) is 7.29. The highest BCUT2D eigenvalue weighted by molar-refractivity contribution is 5.92. The Morgan fingerprint density at radius 3 is 2.52 bits per heavy atom. The Morgan fingerprint density at radius 1 is 1.19 bits per heavy atom. The predicted octanol–water partition coefficient (Wildman–Crippen LogP) is 3.28. The summed E-state index contributed by atoms with van der Waals surface area (Å²) in [5, 5.41) is 9.23. The van der Waals surface area contributed by atoms with E-state index in [2.05, 4.69) is 0 Å². The fourth-order valence-corrected chi connectivity index (χ4v) is 1.91. The van der Waals surface area contributed by atoms with Gasteiger partial charge in [-0.05, 0) is 31.9 Å². The number of ether oxygens (including phenoxy) is 2. The van der Waals surface area contributed by atoms with Gasteiger partial charge in [0.05, 0.1) is 6.61 Å². The highest BCUT2D eigenvalue weighted by Gasteiger charge is 2.22. The van der Waals surface area contributed by atoms with E-state index in [-0.39, 0.29) is 17.9 Å². The molecule has 0 bridgehead atoms. The quantitative estimate of drug-likeness (QED) is 0.559. The van der Waals surface area contributed by atoms with Crippen LogP contribution in [0.4, 0.5) is 0 Å². The molecule has 0 saturated heterocycles. The van der Waals surface area contributed by atoms with E-state index in [1.54, 1.807) is 31.2 Å². The number of benzene rings is 1. The summed E-state index contributed by atoms with van der Waals surface area (Å²) in [5.74, 6) is -1.28. The molecule has 1 aromatic rings. The molecule has 1 unspecified atom stereocenters. The van der Waals surface area contributed by atoms with Crippen molar-refractivity contribution in [3.8, 4) is 5.75 Å². The SMILES string of the molecule is CCCCCC(Oc1ccccc1C(=O)OCC)C(=O)O. The van der Waals surface area contributed by atoms with E-state index in [0.29, 0.717) is 6.42 Å². The van der Waals surface area contributed by atoms with Crippen molar-refractivity contribution in [1.29, 1.82) is 0 Å². The molecule has 0 spiro atoms. The average molecular weight is 294 g/mol. The molecule has 0 saturated carbocycles. The molecule has 1 atom stereocenters. The minimum atomic E-state index is -1.02. The number of rotatable bonds is 9. The first-order chi connectivity index (χ1) is 10.1. The van der Waals surface area contributed by atoms with Gasteiger partial charge in [-0.1, -0.05) is 31.9 Å². The van der Waals surface area contributed by atoms with Gasteiger partial charge in [0.2, 0.25) is 0 Å². The van der Waals surface area contributed by atoms with Crippen molar-refractivity contribution < 1.29 is 24.2 Å². The molecule has 0 radical (unpaired) electrons. The first kappa shape index (κ1) is 17.0. The van der Waals surface area contributed by atoms with Gasteiger partial charge >= 0.3 is 11.9 Å². The summed E-state index contributed by atoms with van der Waals surface area (Å²) in [6, 6.07) is 6.54. The maximum Gasteiger partial charge on any atom is 0.344 e. The van der Waals surface area contributed by atoms with E-state index in [4.69, 9.17) is 9.47 Å². The van der Waals surface area contributed by atoms with E-state index in [9.17, 15) is 14.7 Å². The summed E-state index contributed by atoms with van der Waals surface area (Å²) in [6.07, 6.45) is 2.19. The summed E-state index contributed by atoms with van der Waals surface area (Å²) >= 11 is 0. The third-order valence-corrected chi connectivity index (χ3v) is 3.00. The van der Waals surface area contributed by atoms with Gasteiger partial charge in [-0.2, -0.15) is 0 Å². The third-order valence-electron chi connectivity index (χ3n) is 3.00. The summed E-state index contributed by atoms with van der Waals surface area (Å²) in [6.45, 7) is 4.02. The number of para-hydroxylation sites is 1. The summed E-state index contributed by atoms with van der Waals surface area (Å²) in [7, 11) is 0. The molecule has 1 rings (SSSR count). The van der Waals surface area contributed by atoms with Crippen molar-refractivity contribution in [2.24, 2.45) is 0 Å². The summed E-state index contributed by atoms with van der Waals surface area (Å²) < 4.78 is 10.5. The van der Waals surface area contributed by atoms with Gasteiger partial charge in [0.25, 0.3) is 0 Å². The lowest BCUT2D eigenvalue weighted by atomic mass is 10.1. The maximum atomic E-state index is 11.8. The summed E-state index contributed by atoms with van der Waals surface area (Å²) in [4.78, 5) is 23.1. The molecule has 5 nitrogen and oxygen atoms in total. The first-order valence-electron chi connectivity index (χ1n) is 7.25. The molecule has 21 heavy (non-hydrogen) atoms. The number of carboxylic acids is 1. The molecule has 0 aliphatic heterocycles. The minimum absolute atomic E-state index is 0.250. The summed E-state index contributed by atoms with van der Waals surface area (Å²) in [5.41, 5.74) is 0.251. The molecular formula is C16H22O5. The number of hydrogen-bond acceptors (Lipinski definition) is 4. The number of unbranched alkanes of at least 4 members (excludes halogenated alkanes) is 2. The smallest absolute Gasteiger partial charge is 0.344 e. The molecule has 5 heteroatoms. The molecule has 0 aliphatic rings. The van der Waals surface area contributed by atoms with Gasteiger partial charge in [0, 0.05) is 0 Å². The predicted molar refractivity (Wildman–Crippen MR) is 78.6 cm³/mol. The molecule has 0 amide bonds. The molecule has 0 aromatic heterocycles. The second-order valence-electron chi connectivity index (χ2n) is 4.66. The van der Waals surface area contributed by atoms with E-state index >= 15 is 0 Å². The number of carbonyl (C=O) groups excluding carboxylic acids is 1. The van der Waals surface area contributed by atoms with Crippen LogP contribution in [0.5, 0.6) is 5.75 Å².